The van der Waals surface area contributed by atoms with Crippen molar-refractivity contribution in [1.82, 2.24) is 9.21 Å². The highest BCUT2D eigenvalue weighted by Gasteiger charge is 2.35. The molecule has 7 heteroatoms. The molecule has 1 aromatic rings. The van der Waals surface area contributed by atoms with Crippen LogP contribution in [0.25, 0.3) is 0 Å². The molecule has 2 saturated heterocycles. The zero-order valence-electron chi connectivity index (χ0n) is 11.8. The van der Waals surface area contributed by atoms with Crippen LogP contribution in [0.4, 0.5) is 5.69 Å². The second-order valence-corrected chi connectivity index (χ2v) is 7.99. The van der Waals surface area contributed by atoms with Gasteiger partial charge in [-0.2, -0.15) is 4.31 Å². The number of hydrogen-bond acceptors (Lipinski definition) is 4. The van der Waals surface area contributed by atoms with E-state index in [0.29, 0.717) is 19.1 Å². The van der Waals surface area contributed by atoms with Crippen molar-refractivity contribution in [3.05, 3.63) is 23.2 Å². The predicted octanol–water partition coefficient (Wildman–Crippen LogP) is 1.78. The number of hydrogen-bond donors (Lipinski definition) is 1. The SMILES string of the molecule is Nc1cccc(Cl)c1S(=O)(=O)N1CCCN2CCCC2C1. The minimum Gasteiger partial charge on any atom is -0.398 e. The highest BCUT2D eigenvalue weighted by molar-refractivity contribution is 7.89. The molecule has 2 fully saturated rings. The number of nitrogens with two attached hydrogens (primary N) is 1. The van der Waals surface area contributed by atoms with E-state index in [2.05, 4.69) is 4.90 Å². The molecule has 0 aromatic heterocycles. The van der Waals surface area contributed by atoms with Gasteiger partial charge in [-0.05, 0) is 44.5 Å². The van der Waals surface area contributed by atoms with Crippen LogP contribution in [0.3, 0.4) is 0 Å². The minimum atomic E-state index is -3.64. The Morgan fingerprint density at radius 1 is 1.19 bits per heavy atom. The van der Waals surface area contributed by atoms with Crippen LogP contribution < -0.4 is 5.73 Å². The summed E-state index contributed by atoms with van der Waals surface area (Å²) in [4.78, 5) is 2.45. The van der Waals surface area contributed by atoms with Crippen molar-refractivity contribution in [3.8, 4) is 0 Å². The third kappa shape index (κ3) is 2.77. The third-order valence-electron chi connectivity index (χ3n) is 4.36. The number of nitrogen functional groups attached to an aromatic ring is 1. The van der Waals surface area contributed by atoms with Gasteiger partial charge in [0, 0.05) is 19.1 Å². The maximum atomic E-state index is 12.9. The van der Waals surface area contributed by atoms with Crippen molar-refractivity contribution in [2.45, 2.75) is 30.2 Å². The molecule has 3 rings (SSSR count). The van der Waals surface area contributed by atoms with Gasteiger partial charge in [0.05, 0.1) is 10.7 Å². The number of nitrogens with zero attached hydrogens (tertiary/aromatic N) is 2. The fourth-order valence-electron chi connectivity index (χ4n) is 3.32. The van der Waals surface area contributed by atoms with Gasteiger partial charge < -0.3 is 5.73 Å². The van der Waals surface area contributed by atoms with Crippen LogP contribution in [0, 0.1) is 0 Å². The molecular weight excluding hydrogens is 310 g/mol. The summed E-state index contributed by atoms with van der Waals surface area (Å²) in [6, 6.07) is 5.15. The van der Waals surface area contributed by atoms with Crippen molar-refractivity contribution < 1.29 is 8.42 Å². The van der Waals surface area contributed by atoms with Gasteiger partial charge in [-0.1, -0.05) is 17.7 Å². The lowest BCUT2D eigenvalue weighted by atomic mass is 10.2. The smallest absolute Gasteiger partial charge is 0.246 e. The molecule has 0 spiro atoms. The molecular formula is C14H20ClN3O2S. The van der Waals surface area contributed by atoms with E-state index in [1.165, 1.54) is 0 Å². The average molecular weight is 330 g/mol. The molecule has 0 bridgehead atoms. The standard InChI is InChI=1S/C14H20ClN3O2S/c15-12-5-1-6-13(16)14(12)21(19,20)18-9-3-8-17-7-2-4-11(17)10-18/h1,5-6,11H,2-4,7-10,16H2. The Bertz CT molecular complexity index is 615. The van der Waals surface area contributed by atoms with E-state index in [0.717, 1.165) is 32.4 Å². The predicted molar refractivity (Wildman–Crippen MR) is 83.8 cm³/mol. The quantitative estimate of drug-likeness (QED) is 0.840. The Balaban J connectivity index is 1.94. The number of anilines is 1. The topological polar surface area (TPSA) is 66.6 Å². The lowest BCUT2D eigenvalue weighted by Gasteiger charge is -2.26. The first-order chi connectivity index (χ1) is 10.00. The highest BCUT2D eigenvalue weighted by atomic mass is 35.5. The largest absolute Gasteiger partial charge is 0.398 e. The first kappa shape index (κ1) is 15.1. The summed E-state index contributed by atoms with van der Waals surface area (Å²) in [5, 5.41) is 0.197. The van der Waals surface area contributed by atoms with Gasteiger partial charge in [0.25, 0.3) is 0 Å². The summed E-state index contributed by atoms with van der Waals surface area (Å²) in [6.45, 7) is 3.11. The van der Waals surface area contributed by atoms with Crippen molar-refractivity contribution in [2.24, 2.45) is 0 Å². The summed E-state index contributed by atoms with van der Waals surface area (Å²) in [5.74, 6) is 0. The summed E-state index contributed by atoms with van der Waals surface area (Å²) in [6.07, 6.45) is 3.05. The molecule has 0 amide bonds. The number of benzene rings is 1. The maximum absolute atomic E-state index is 12.9. The molecule has 1 aromatic carbocycles. The molecule has 1 unspecified atom stereocenters. The Morgan fingerprint density at radius 2 is 1.95 bits per heavy atom. The molecule has 2 heterocycles. The monoisotopic (exact) mass is 329 g/mol. The van der Waals surface area contributed by atoms with Crippen LogP contribution in [0.2, 0.25) is 5.02 Å². The first-order valence-electron chi connectivity index (χ1n) is 7.28. The van der Waals surface area contributed by atoms with E-state index < -0.39 is 10.0 Å². The van der Waals surface area contributed by atoms with Gasteiger partial charge in [-0.3, -0.25) is 4.90 Å². The van der Waals surface area contributed by atoms with Crippen molar-refractivity contribution >= 4 is 27.3 Å². The summed E-state index contributed by atoms with van der Waals surface area (Å²) in [7, 11) is -3.64. The number of halogens is 1. The van der Waals surface area contributed by atoms with Gasteiger partial charge >= 0.3 is 0 Å². The molecule has 1 atom stereocenters. The molecule has 5 nitrogen and oxygen atoms in total. The first-order valence-corrected chi connectivity index (χ1v) is 9.10. The van der Waals surface area contributed by atoms with Crippen molar-refractivity contribution in [2.75, 3.05) is 31.9 Å². The van der Waals surface area contributed by atoms with Crippen LogP contribution >= 0.6 is 11.6 Å². The Kier molecular flexibility index (Phi) is 4.14. The molecule has 21 heavy (non-hydrogen) atoms. The Morgan fingerprint density at radius 3 is 2.71 bits per heavy atom. The zero-order valence-corrected chi connectivity index (χ0v) is 13.4. The van der Waals surface area contributed by atoms with Gasteiger partial charge in [-0.15, -0.1) is 0 Å². The molecule has 2 N–H and O–H groups in total. The van der Waals surface area contributed by atoms with E-state index in [4.69, 9.17) is 17.3 Å². The second-order valence-electron chi connectivity index (χ2n) is 5.71. The third-order valence-corrected chi connectivity index (χ3v) is 6.77. The number of sulfonamides is 1. The van der Waals surface area contributed by atoms with E-state index in [1.807, 2.05) is 0 Å². The molecule has 0 radical (unpaired) electrons. The summed E-state index contributed by atoms with van der Waals surface area (Å²) < 4.78 is 27.4. The van der Waals surface area contributed by atoms with E-state index in [-0.39, 0.29) is 15.6 Å². The molecule has 2 aliphatic heterocycles. The highest BCUT2D eigenvalue weighted by Crippen LogP contribution is 2.32. The number of rotatable bonds is 2. The van der Waals surface area contributed by atoms with Crippen molar-refractivity contribution in [1.29, 1.82) is 0 Å². The zero-order chi connectivity index (χ0) is 15.0. The van der Waals surface area contributed by atoms with Crippen LogP contribution in [-0.2, 0) is 10.0 Å². The average Bonchev–Trinajstić information content (AvgIpc) is 2.75. The van der Waals surface area contributed by atoms with Crippen LogP contribution in [0.1, 0.15) is 19.3 Å². The van der Waals surface area contributed by atoms with Gasteiger partial charge in [-0.25, -0.2) is 8.42 Å². The molecule has 116 valence electrons. The Labute approximate surface area is 130 Å². The maximum Gasteiger partial charge on any atom is 0.246 e. The van der Waals surface area contributed by atoms with Crippen LogP contribution in [0.5, 0.6) is 0 Å². The second kappa shape index (κ2) is 5.76. The van der Waals surface area contributed by atoms with Crippen molar-refractivity contribution in [3.63, 3.8) is 0 Å². The normalized spacial score (nSPS) is 24.7. The fourth-order valence-corrected chi connectivity index (χ4v) is 5.47. The molecule has 0 aliphatic carbocycles. The lowest BCUT2D eigenvalue weighted by molar-refractivity contribution is 0.257. The number of fused-ring (bicyclic) bond motifs is 1. The molecule has 2 aliphatic rings. The van der Waals surface area contributed by atoms with Crippen LogP contribution in [-0.4, -0.2) is 49.8 Å². The Hall–Kier alpha value is -0.820. The minimum absolute atomic E-state index is 0.0538. The summed E-state index contributed by atoms with van der Waals surface area (Å²) in [5.41, 5.74) is 6.08. The van der Waals surface area contributed by atoms with Gasteiger partial charge in [0.2, 0.25) is 10.0 Å². The van der Waals surface area contributed by atoms with Gasteiger partial charge in [0.1, 0.15) is 4.90 Å². The van der Waals surface area contributed by atoms with Gasteiger partial charge in [0.15, 0.2) is 0 Å². The van der Waals surface area contributed by atoms with E-state index >= 15 is 0 Å². The van der Waals surface area contributed by atoms with E-state index in [1.54, 1.807) is 22.5 Å². The fraction of sp³-hybridized carbons (Fsp3) is 0.571. The van der Waals surface area contributed by atoms with Crippen LogP contribution in [0.15, 0.2) is 23.1 Å². The molecule has 0 saturated carbocycles. The summed E-state index contributed by atoms with van der Waals surface area (Å²) >= 11 is 6.09. The van der Waals surface area contributed by atoms with E-state index in [9.17, 15) is 8.42 Å². The lowest BCUT2D eigenvalue weighted by Crippen LogP contribution is -2.39.